The minimum absolute atomic E-state index is 0.0906. The van der Waals surface area contributed by atoms with Crippen molar-refractivity contribution in [2.45, 2.75) is 19.5 Å². The molecule has 1 atom stereocenters. The molecule has 0 aliphatic heterocycles. The average molecular weight is 297 g/mol. The Morgan fingerprint density at radius 2 is 2.10 bits per heavy atom. The predicted molar refractivity (Wildman–Crippen MR) is 78.1 cm³/mol. The Kier molecular flexibility index (Phi) is 4.81. The second-order valence-corrected chi connectivity index (χ2v) is 5.26. The Labute approximate surface area is 123 Å². The number of nitrogens with zero attached hydrogens (tertiary/aromatic N) is 1. The smallest absolute Gasteiger partial charge is 0.142 e. The van der Waals surface area contributed by atoms with Crippen LogP contribution in [-0.4, -0.2) is 18.5 Å². The van der Waals surface area contributed by atoms with Crippen LogP contribution >= 0.6 is 11.6 Å². The second kappa shape index (κ2) is 6.39. The van der Waals surface area contributed by atoms with E-state index in [2.05, 4.69) is 0 Å². The third kappa shape index (κ3) is 3.39. The van der Waals surface area contributed by atoms with Gasteiger partial charge in [-0.2, -0.15) is 0 Å². The molecule has 2 aromatic rings. The lowest BCUT2D eigenvalue weighted by molar-refractivity contribution is 0.221. The molecule has 0 amide bonds. The van der Waals surface area contributed by atoms with E-state index in [0.29, 0.717) is 13.1 Å². The molecule has 0 bridgehead atoms. The number of nitrogens with two attached hydrogens (primary N) is 1. The van der Waals surface area contributed by atoms with Gasteiger partial charge in [-0.05, 0) is 43.8 Å². The molecule has 108 valence electrons. The minimum atomic E-state index is -0.426. The first-order valence-electron chi connectivity index (χ1n) is 6.42. The number of benzene rings is 1. The monoisotopic (exact) mass is 296 g/mol. The van der Waals surface area contributed by atoms with Gasteiger partial charge in [0.1, 0.15) is 17.3 Å². The number of halogens is 2. The summed E-state index contributed by atoms with van der Waals surface area (Å²) in [6, 6.07) is 8.55. The van der Waals surface area contributed by atoms with Crippen LogP contribution in [-0.2, 0) is 6.54 Å². The van der Waals surface area contributed by atoms with E-state index in [9.17, 15) is 4.39 Å². The number of rotatable bonds is 5. The fourth-order valence-corrected chi connectivity index (χ4v) is 2.33. The Bertz CT molecular complexity index is 585. The molecule has 0 fully saturated rings. The lowest BCUT2D eigenvalue weighted by Crippen LogP contribution is -2.30. The van der Waals surface area contributed by atoms with Crippen molar-refractivity contribution in [3.05, 3.63) is 58.3 Å². The molecule has 20 heavy (non-hydrogen) atoms. The molecular weight excluding hydrogens is 279 g/mol. The van der Waals surface area contributed by atoms with Crippen LogP contribution in [0.15, 0.2) is 34.7 Å². The fraction of sp³-hybridized carbons (Fsp3) is 0.333. The minimum Gasteiger partial charge on any atom is -0.465 e. The zero-order valence-electron chi connectivity index (χ0n) is 11.6. The molecule has 0 saturated carbocycles. The summed E-state index contributed by atoms with van der Waals surface area (Å²) < 4.78 is 19.1. The van der Waals surface area contributed by atoms with Crippen molar-refractivity contribution in [2.75, 3.05) is 13.6 Å². The average Bonchev–Trinajstić information content (AvgIpc) is 2.80. The summed E-state index contributed by atoms with van der Waals surface area (Å²) in [5.41, 5.74) is 6.63. The van der Waals surface area contributed by atoms with E-state index in [1.165, 1.54) is 6.07 Å². The van der Waals surface area contributed by atoms with Gasteiger partial charge in [-0.15, -0.1) is 0 Å². The first-order valence-corrected chi connectivity index (χ1v) is 6.79. The Balaban J connectivity index is 2.16. The Morgan fingerprint density at radius 3 is 2.65 bits per heavy atom. The van der Waals surface area contributed by atoms with Crippen molar-refractivity contribution < 1.29 is 8.81 Å². The summed E-state index contributed by atoms with van der Waals surface area (Å²) >= 11 is 5.71. The first-order chi connectivity index (χ1) is 9.51. The molecule has 0 aliphatic carbocycles. The highest BCUT2D eigenvalue weighted by Gasteiger charge is 2.18. The van der Waals surface area contributed by atoms with Crippen LogP contribution in [0.2, 0.25) is 5.02 Å². The number of aryl methyl sites for hydroxylation is 1. The summed E-state index contributed by atoms with van der Waals surface area (Å²) in [6.45, 7) is 2.90. The van der Waals surface area contributed by atoms with Gasteiger partial charge >= 0.3 is 0 Å². The number of hydrogen-bond donors (Lipinski definition) is 1. The van der Waals surface area contributed by atoms with Crippen LogP contribution in [0.5, 0.6) is 0 Å². The summed E-state index contributed by atoms with van der Waals surface area (Å²) in [4.78, 5) is 2.03. The topological polar surface area (TPSA) is 42.4 Å². The van der Waals surface area contributed by atoms with Gasteiger partial charge in [0, 0.05) is 12.6 Å². The van der Waals surface area contributed by atoms with Crippen LogP contribution in [0.1, 0.15) is 23.1 Å². The van der Waals surface area contributed by atoms with Gasteiger partial charge in [0.25, 0.3) is 0 Å². The normalized spacial score (nSPS) is 12.9. The highest BCUT2D eigenvalue weighted by atomic mass is 35.5. The predicted octanol–water partition coefficient (Wildman–Crippen LogP) is 3.51. The molecule has 5 heteroatoms. The molecule has 0 aliphatic rings. The van der Waals surface area contributed by atoms with Gasteiger partial charge in [0.05, 0.1) is 11.6 Å². The second-order valence-electron chi connectivity index (χ2n) is 4.85. The third-order valence-electron chi connectivity index (χ3n) is 3.29. The molecule has 1 unspecified atom stereocenters. The van der Waals surface area contributed by atoms with Crippen LogP contribution in [0.4, 0.5) is 4.39 Å². The van der Waals surface area contributed by atoms with Crippen LogP contribution in [0, 0.1) is 12.7 Å². The van der Waals surface area contributed by atoms with Crippen molar-refractivity contribution in [1.82, 2.24) is 4.90 Å². The van der Waals surface area contributed by atoms with Crippen LogP contribution < -0.4 is 5.73 Å². The maximum Gasteiger partial charge on any atom is 0.142 e. The Morgan fingerprint density at radius 1 is 1.35 bits per heavy atom. The lowest BCUT2D eigenvalue weighted by Gasteiger charge is -2.26. The molecule has 1 heterocycles. The largest absolute Gasteiger partial charge is 0.465 e. The molecule has 3 nitrogen and oxygen atoms in total. The van der Waals surface area contributed by atoms with Crippen molar-refractivity contribution in [1.29, 1.82) is 0 Å². The quantitative estimate of drug-likeness (QED) is 0.918. The van der Waals surface area contributed by atoms with E-state index in [4.69, 9.17) is 21.8 Å². The van der Waals surface area contributed by atoms with E-state index in [1.54, 1.807) is 12.1 Å². The molecule has 1 aromatic carbocycles. The third-order valence-corrected chi connectivity index (χ3v) is 3.59. The van der Waals surface area contributed by atoms with E-state index < -0.39 is 5.82 Å². The van der Waals surface area contributed by atoms with Crippen molar-refractivity contribution >= 4 is 11.6 Å². The van der Waals surface area contributed by atoms with E-state index in [-0.39, 0.29) is 11.1 Å². The molecule has 0 saturated heterocycles. The van der Waals surface area contributed by atoms with Gasteiger partial charge in [-0.25, -0.2) is 4.39 Å². The van der Waals surface area contributed by atoms with Gasteiger partial charge in [0.2, 0.25) is 0 Å². The molecule has 2 N–H and O–H groups in total. The van der Waals surface area contributed by atoms with Crippen molar-refractivity contribution in [3.8, 4) is 0 Å². The SMILES string of the molecule is Cc1ccc(CN(C)C(CN)c2ccc(Cl)c(F)c2)o1. The standard InChI is InChI=1S/C15H18ClFN2O/c1-10-3-5-12(20-10)9-19(2)15(8-18)11-4-6-13(16)14(17)7-11/h3-7,15H,8-9,18H2,1-2H3. The van der Waals surface area contributed by atoms with Gasteiger partial charge in [-0.1, -0.05) is 17.7 Å². The maximum atomic E-state index is 13.6. The Hall–Kier alpha value is -1.36. The van der Waals surface area contributed by atoms with E-state index in [1.807, 2.05) is 31.0 Å². The number of likely N-dealkylation sites (N-methyl/N-ethyl adjacent to an activating group) is 1. The molecule has 1 aromatic heterocycles. The fourth-order valence-electron chi connectivity index (χ4n) is 2.22. The molecule has 0 radical (unpaired) electrons. The van der Waals surface area contributed by atoms with E-state index in [0.717, 1.165) is 17.1 Å². The van der Waals surface area contributed by atoms with Gasteiger partial charge in [0.15, 0.2) is 0 Å². The van der Waals surface area contributed by atoms with Crippen molar-refractivity contribution in [2.24, 2.45) is 5.73 Å². The zero-order valence-corrected chi connectivity index (χ0v) is 12.3. The molecule has 2 rings (SSSR count). The van der Waals surface area contributed by atoms with Gasteiger partial charge < -0.3 is 10.2 Å². The highest BCUT2D eigenvalue weighted by Crippen LogP contribution is 2.24. The summed E-state index contributed by atoms with van der Waals surface area (Å²) in [5, 5.41) is 0.119. The summed E-state index contributed by atoms with van der Waals surface area (Å²) in [7, 11) is 1.93. The zero-order chi connectivity index (χ0) is 14.7. The highest BCUT2D eigenvalue weighted by molar-refractivity contribution is 6.30. The maximum absolute atomic E-state index is 13.6. The van der Waals surface area contributed by atoms with E-state index >= 15 is 0 Å². The number of furan rings is 1. The molecular formula is C15H18ClFN2O. The van der Waals surface area contributed by atoms with Gasteiger partial charge in [-0.3, -0.25) is 4.90 Å². The number of hydrogen-bond acceptors (Lipinski definition) is 3. The first kappa shape index (κ1) is 15.0. The lowest BCUT2D eigenvalue weighted by atomic mass is 10.1. The van der Waals surface area contributed by atoms with Crippen molar-refractivity contribution in [3.63, 3.8) is 0 Å². The van der Waals surface area contributed by atoms with Crippen LogP contribution in [0.25, 0.3) is 0 Å². The summed E-state index contributed by atoms with van der Waals surface area (Å²) in [6.07, 6.45) is 0. The summed E-state index contributed by atoms with van der Waals surface area (Å²) in [5.74, 6) is 1.30. The van der Waals surface area contributed by atoms with Crippen LogP contribution in [0.3, 0.4) is 0 Å². The molecule has 0 spiro atoms.